The Bertz CT molecular complexity index is 1090. The predicted molar refractivity (Wildman–Crippen MR) is 103 cm³/mol. The van der Waals surface area contributed by atoms with Gasteiger partial charge in [-0.15, -0.1) is 0 Å². The van der Waals surface area contributed by atoms with E-state index in [1.165, 1.54) is 0 Å². The van der Waals surface area contributed by atoms with Crippen molar-refractivity contribution < 1.29 is 4.79 Å². The molecule has 27 heavy (non-hydrogen) atoms. The highest BCUT2D eigenvalue weighted by molar-refractivity contribution is 5.92. The Kier molecular flexibility index (Phi) is 4.19. The molecule has 0 saturated heterocycles. The maximum Gasteiger partial charge on any atom is 0.234 e. The van der Waals surface area contributed by atoms with Crippen LogP contribution in [0.15, 0.2) is 48.9 Å². The number of imidazole rings is 1. The number of anilines is 1. The van der Waals surface area contributed by atoms with Gasteiger partial charge in [-0.3, -0.25) is 13.9 Å². The molecule has 0 aliphatic heterocycles. The topological polar surface area (TPSA) is 77.1 Å². The van der Waals surface area contributed by atoms with Gasteiger partial charge >= 0.3 is 0 Å². The number of hydrogen-bond acceptors (Lipinski definition) is 4. The number of nitrogens with one attached hydrogen (secondary N) is 1. The van der Waals surface area contributed by atoms with Crippen molar-refractivity contribution in [2.24, 2.45) is 7.05 Å². The molecule has 0 aliphatic carbocycles. The summed E-state index contributed by atoms with van der Waals surface area (Å²) in [5, 5.41) is 7.30. The summed E-state index contributed by atoms with van der Waals surface area (Å²) in [6.07, 6.45) is 5.88. The first kappa shape index (κ1) is 17.0. The quantitative estimate of drug-likeness (QED) is 0.607. The summed E-state index contributed by atoms with van der Waals surface area (Å²) >= 11 is 0. The van der Waals surface area contributed by atoms with Crippen molar-refractivity contribution in [1.29, 1.82) is 0 Å². The third-order valence-corrected chi connectivity index (χ3v) is 4.70. The van der Waals surface area contributed by atoms with E-state index >= 15 is 0 Å². The monoisotopic (exact) mass is 360 g/mol. The second kappa shape index (κ2) is 6.68. The zero-order valence-corrected chi connectivity index (χ0v) is 15.5. The van der Waals surface area contributed by atoms with E-state index in [9.17, 15) is 4.79 Å². The number of amides is 1. The molecule has 3 heterocycles. The molecule has 0 bridgehead atoms. The molecular formula is C20H20N6O. The van der Waals surface area contributed by atoms with Crippen LogP contribution in [0.4, 0.5) is 5.69 Å². The number of nitrogens with zero attached hydrogens (tertiary/aromatic N) is 5. The first-order valence-electron chi connectivity index (χ1n) is 8.70. The van der Waals surface area contributed by atoms with E-state index in [0.29, 0.717) is 12.2 Å². The summed E-state index contributed by atoms with van der Waals surface area (Å²) in [5.41, 5.74) is 5.44. The highest BCUT2D eigenvalue weighted by Crippen LogP contribution is 2.21. The van der Waals surface area contributed by atoms with E-state index in [2.05, 4.69) is 20.4 Å². The van der Waals surface area contributed by atoms with Crippen LogP contribution >= 0.6 is 0 Å². The molecular weight excluding hydrogens is 340 g/mol. The fraction of sp³-hybridized carbons (Fsp3) is 0.200. The lowest BCUT2D eigenvalue weighted by molar-refractivity contribution is -0.115. The van der Waals surface area contributed by atoms with Gasteiger partial charge in [-0.2, -0.15) is 5.10 Å². The molecule has 4 aromatic rings. The molecule has 1 amide bonds. The van der Waals surface area contributed by atoms with Crippen LogP contribution in [-0.2, 0) is 18.3 Å². The number of hydrogen-bond donors (Lipinski definition) is 1. The lowest BCUT2D eigenvalue weighted by Crippen LogP contribution is -2.15. The average Bonchev–Trinajstić information content (AvgIpc) is 3.19. The van der Waals surface area contributed by atoms with Crippen LogP contribution in [0, 0.1) is 13.8 Å². The molecule has 0 atom stereocenters. The van der Waals surface area contributed by atoms with Gasteiger partial charge in [-0.25, -0.2) is 9.97 Å². The Labute approximate surface area is 156 Å². The van der Waals surface area contributed by atoms with Crippen molar-refractivity contribution in [1.82, 2.24) is 24.1 Å². The SMILES string of the molecule is Cc1nn(C)c(C)c1CC(=O)Nc1ccc(-c2cn3cccnc3n2)cc1. The molecule has 7 nitrogen and oxygen atoms in total. The van der Waals surface area contributed by atoms with Gasteiger partial charge in [0.1, 0.15) is 0 Å². The molecule has 0 saturated carbocycles. The van der Waals surface area contributed by atoms with Gasteiger partial charge in [0.05, 0.1) is 17.8 Å². The summed E-state index contributed by atoms with van der Waals surface area (Å²) in [6, 6.07) is 9.51. The number of carbonyl (C=O) groups is 1. The first-order chi connectivity index (χ1) is 13.0. The van der Waals surface area contributed by atoms with Crippen molar-refractivity contribution in [2.45, 2.75) is 20.3 Å². The van der Waals surface area contributed by atoms with Gasteiger partial charge in [0.2, 0.25) is 11.7 Å². The number of fused-ring (bicyclic) bond motifs is 1. The molecule has 0 radical (unpaired) electrons. The van der Waals surface area contributed by atoms with Crippen molar-refractivity contribution >= 4 is 17.4 Å². The summed E-state index contributed by atoms with van der Waals surface area (Å²) in [6.45, 7) is 3.90. The van der Waals surface area contributed by atoms with E-state index in [1.807, 2.05) is 68.0 Å². The minimum Gasteiger partial charge on any atom is -0.326 e. The van der Waals surface area contributed by atoms with Crippen LogP contribution in [0.25, 0.3) is 17.0 Å². The van der Waals surface area contributed by atoms with Gasteiger partial charge in [-0.1, -0.05) is 12.1 Å². The Morgan fingerprint density at radius 3 is 2.63 bits per heavy atom. The zero-order chi connectivity index (χ0) is 19.0. The molecule has 7 heteroatoms. The van der Waals surface area contributed by atoms with Crippen LogP contribution < -0.4 is 5.32 Å². The van der Waals surface area contributed by atoms with Crippen molar-refractivity contribution in [3.63, 3.8) is 0 Å². The highest BCUT2D eigenvalue weighted by atomic mass is 16.1. The number of carbonyl (C=O) groups excluding carboxylic acids is 1. The molecule has 136 valence electrons. The van der Waals surface area contributed by atoms with Crippen molar-refractivity contribution in [3.05, 3.63) is 65.9 Å². The third kappa shape index (κ3) is 3.31. The van der Waals surface area contributed by atoms with Crippen LogP contribution in [0.3, 0.4) is 0 Å². The molecule has 4 rings (SSSR count). The molecule has 0 fully saturated rings. The predicted octanol–water partition coefficient (Wildman–Crippen LogP) is 2.93. The number of aryl methyl sites for hydroxylation is 2. The molecule has 3 aromatic heterocycles. The molecule has 0 spiro atoms. The normalized spacial score (nSPS) is 11.1. The van der Waals surface area contributed by atoms with E-state index < -0.39 is 0 Å². The Morgan fingerprint density at radius 2 is 1.96 bits per heavy atom. The van der Waals surface area contributed by atoms with E-state index in [1.54, 1.807) is 10.9 Å². The second-order valence-electron chi connectivity index (χ2n) is 6.53. The van der Waals surface area contributed by atoms with Crippen molar-refractivity contribution in [3.8, 4) is 11.3 Å². The van der Waals surface area contributed by atoms with Crippen LogP contribution in [0.1, 0.15) is 17.0 Å². The summed E-state index contributed by atoms with van der Waals surface area (Å²) < 4.78 is 3.68. The average molecular weight is 360 g/mol. The maximum atomic E-state index is 12.4. The highest BCUT2D eigenvalue weighted by Gasteiger charge is 2.14. The lowest BCUT2D eigenvalue weighted by Gasteiger charge is -2.06. The standard InChI is InChI=1S/C20H20N6O/c1-13-17(14(2)25(3)24-13)11-19(27)22-16-7-5-15(6-8-16)18-12-26-10-4-9-21-20(26)23-18/h4-10,12H,11H2,1-3H3,(H,22,27). The number of rotatable bonds is 4. The van der Waals surface area contributed by atoms with Crippen LogP contribution in [-0.4, -0.2) is 30.1 Å². The van der Waals surface area contributed by atoms with Gasteiger partial charge in [-0.05, 0) is 32.0 Å². The smallest absolute Gasteiger partial charge is 0.234 e. The van der Waals surface area contributed by atoms with Crippen molar-refractivity contribution in [2.75, 3.05) is 5.32 Å². The number of aromatic nitrogens is 5. The van der Waals surface area contributed by atoms with Crippen LogP contribution in [0.5, 0.6) is 0 Å². The number of benzene rings is 1. The minimum absolute atomic E-state index is 0.0566. The largest absolute Gasteiger partial charge is 0.326 e. The van der Waals surface area contributed by atoms with Crippen LogP contribution in [0.2, 0.25) is 0 Å². The summed E-state index contributed by atoms with van der Waals surface area (Å²) in [5.74, 6) is 0.603. The van der Waals surface area contributed by atoms with E-state index in [4.69, 9.17) is 0 Å². The molecule has 0 unspecified atom stereocenters. The lowest BCUT2D eigenvalue weighted by atomic mass is 10.1. The van der Waals surface area contributed by atoms with Gasteiger partial charge < -0.3 is 5.32 Å². The van der Waals surface area contributed by atoms with Gasteiger partial charge in [0, 0.05) is 48.1 Å². The van der Waals surface area contributed by atoms with E-state index in [-0.39, 0.29) is 5.91 Å². The Hall–Kier alpha value is -3.48. The third-order valence-electron chi connectivity index (χ3n) is 4.70. The second-order valence-corrected chi connectivity index (χ2v) is 6.53. The minimum atomic E-state index is -0.0566. The Balaban J connectivity index is 1.48. The maximum absolute atomic E-state index is 12.4. The fourth-order valence-corrected chi connectivity index (χ4v) is 3.13. The van der Waals surface area contributed by atoms with E-state index in [0.717, 1.165) is 33.9 Å². The zero-order valence-electron chi connectivity index (χ0n) is 15.5. The molecule has 0 aliphatic rings. The summed E-state index contributed by atoms with van der Waals surface area (Å²) in [4.78, 5) is 21.1. The summed E-state index contributed by atoms with van der Waals surface area (Å²) in [7, 11) is 1.89. The molecule has 1 aromatic carbocycles. The molecule has 1 N–H and O–H groups in total. The van der Waals surface area contributed by atoms with Gasteiger partial charge in [0.15, 0.2) is 0 Å². The first-order valence-corrected chi connectivity index (χ1v) is 8.70. The van der Waals surface area contributed by atoms with Gasteiger partial charge in [0.25, 0.3) is 0 Å². The Morgan fingerprint density at radius 1 is 1.19 bits per heavy atom. The fourth-order valence-electron chi connectivity index (χ4n) is 3.13.